The van der Waals surface area contributed by atoms with Crippen molar-refractivity contribution in [1.82, 2.24) is 4.90 Å². The summed E-state index contributed by atoms with van der Waals surface area (Å²) in [5.41, 5.74) is 6.55. The van der Waals surface area contributed by atoms with Crippen LogP contribution in [0.5, 0.6) is 0 Å². The maximum absolute atomic E-state index is 13.3. The number of likely N-dealkylation sites (tertiary alicyclic amines) is 1. The number of hydrogen-bond donors (Lipinski definition) is 1. The number of rotatable bonds is 1. The zero-order chi connectivity index (χ0) is 11.9. The van der Waals surface area contributed by atoms with E-state index in [1.807, 2.05) is 0 Å². The molecule has 1 aromatic rings. The Morgan fingerprint density at radius 3 is 2.65 bits per heavy atom. The molecule has 1 aliphatic heterocycles. The van der Waals surface area contributed by atoms with Crippen LogP contribution in [0.15, 0.2) is 18.2 Å². The van der Waals surface area contributed by atoms with Crippen LogP contribution in [0.25, 0.3) is 0 Å². The summed E-state index contributed by atoms with van der Waals surface area (Å²) in [6.45, 7) is 0. The Balaban J connectivity index is 0.00000144. The first-order valence-corrected chi connectivity index (χ1v) is 5.34. The summed E-state index contributed by atoms with van der Waals surface area (Å²) in [6.07, 6.45) is 0.297. The van der Waals surface area contributed by atoms with Crippen LogP contribution in [0.3, 0.4) is 0 Å². The predicted molar refractivity (Wildman–Crippen MR) is 66.8 cm³/mol. The molecular formula is C11H13Cl2FN2O. The van der Waals surface area contributed by atoms with E-state index in [9.17, 15) is 9.18 Å². The van der Waals surface area contributed by atoms with Gasteiger partial charge in [-0.2, -0.15) is 0 Å². The van der Waals surface area contributed by atoms with Crippen LogP contribution >= 0.6 is 24.0 Å². The van der Waals surface area contributed by atoms with E-state index in [2.05, 4.69) is 0 Å². The summed E-state index contributed by atoms with van der Waals surface area (Å²) in [5, 5.41) is 0.0734. The van der Waals surface area contributed by atoms with Gasteiger partial charge in [0, 0.05) is 19.5 Å². The first-order valence-electron chi connectivity index (χ1n) is 4.97. The lowest BCUT2D eigenvalue weighted by Crippen LogP contribution is -2.30. The van der Waals surface area contributed by atoms with Crippen LogP contribution < -0.4 is 5.73 Å². The lowest BCUT2D eigenvalue weighted by molar-refractivity contribution is -0.127. The number of carbonyl (C=O) groups excluding carboxylic acids is 1. The van der Waals surface area contributed by atoms with E-state index in [0.29, 0.717) is 12.0 Å². The molecule has 1 fully saturated rings. The number of hydrogen-bond acceptors (Lipinski definition) is 2. The molecule has 2 rings (SSSR count). The van der Waals surface area contributed by atoms with Gasteiger partial charge in [-0.05, 0) is 17.7 Å². The van der Waals surface area contributed by atoms with Crippen molar-refractivity contribution in [2.75, 3.05) is 7.05 Å². The molecule has 2 N–H and O–H groups in total. The number of carbonyl (C=O) groups is 1. The minimum Gasteiger partial charge on any atom is -0.337 e. The van der Waals surface area contributed by atoms with Crippen LogP contribution in [-0.2, 0) is 4.79 Å². The summed E-state index contributed by atoms with van der Waals surface area (Å²) < 4.78 is 13.3. The number of benzene rings is 1. The Kier molecular flexibility index (Phi) is 4.36. The first-order chi connectivity index (χ1) is 7.50. The predicted octanol–water partition coefficient (Wildman–Crippen LogP) is 2.13. The molecule has 1 aliphatic rings. The summed E-state index contributed by atoms with van der Waals surface area (Å²) in [5.74, 6) is -0.507. The summed E-state index contributed by atoms with van der Waals surface area (Å²) in [4.78, 5) is 13.0. The van der Waals surface area contributed by atoms with Gasteiger partial charge >= 0.3 is 0 Å². The first kappa shape index (κ1) is 14.2. The lowest BCUT2D eigenvalue weighted by atomic mass is 10.0. The Morgan fingerprint density at radius 2 is 2.18 bits per heavy atom. The Morgan fingerprint density at radius 1 is 1.53 bits per heavy atom. The second-order valence-corrected chi connectivity index (χ2v) is 4.40. The molecule has 0 radical (unpaired) electrons. The van der Waals surface area contributed by atoms with Gasteiger partial charge in [0.05, 0.1) is 11.1 Å². The van der Waals surface area contributed by atoms with Gasteiger partial charge in [0.15, 0.2) is 0 Å². The van der Waals surface area contributed by atoms with E-state index in [1.54, 1.807) is 18.0 Å². The molecule has 94 valence electrons. The zero-order valence-electron chi connectivity index (χ0n) is 9.19. The molecule has 0 spiro atoms. The average molecular weight is 279 g/mol. The minimum absolute atomic E-state index is 0. The largest absolute Gasteiger partial charge is 0.337 e. The molecule has 1 saturated heterocycles. The molecule has 0 aromatic heterocycles. The van der Waals surface area contributed by atoms with Crippen LogP contribution in [0.1, 0.15) is 18.0 Å². The van der Waals surface area contributed by atoms with Crippen LogP contribution in [-0.4, -0.2) is 23.9 Å². The fourth-order valence-corrected chi connectivity index (χ4v) is 2.18. The van der Waals surface area contributed by atoms with E-state index in [1.165, 1.54) is 12.1 Å². The van der Waals surface area contributed by atoms with E-state index in [4.69, 9.17) is 17.3 Å². The number of likely N-dealkylation sites (N-methyl/N-ethyl adjacent to an activating group) is 1. The van der Waals surface area contributed by atoms with Gasteiger partial charge in [0.25, 0.3) is 0 Å². The van der Waals surface area contributed by atoms with Gasteiger partial charge in [0.2, 0.25) is 5.91 Å². The quantitative estimate of drug-likeness (QED) is 0.856. The molecule has 0 bridgehead atoms. The third-order valence-corrected chi connectivity index (χ3v) is 3.22. The van der Waals surface area contributed by atoms with Crippen LogP contribution in [0, 0.1) is 5.82 Å². The van der Waals surface area contributed by atoms with Crippen molar-refractivity contribution in [2.45, 2.75) is 18.5 Å². The highest BCUT2D eigenvalue weighted by atomic mass is 35.5. The third kappa shape index (κ3) is 2.54. The van der Waals surface area contributed by atoms with Gasteiger partial charge in [-0.1, -0.05) is 17.7 Å². The smallest absolute Gasteiger partial charge is 0.224 e. The van der Waals surface area contributed by atoms with Gasteiger partial charge in [-0.15, -0.1) is 12.4 Å². The summed E-state index contributed by atoms with van der Waals surface area (Å²) in [6, 6.07) is 3.96. The lowest BCUT2D eigenvalue weighted by Gasteiger charge is -2.23. The highest BCUT2D eigenvalue weighted by molar-refractivity contribution is 6.30. The molecule has 3 nitrogen and oxygen atoms in total. The topological polar surface area (TPSA) is 46.3 Å². The molecule has 1 amide bonds. The van der Waals surface area contributed by atoms with Crippen molar-refractivity contribution < 1.29 is 9.18 Å². The fourth-order valence-electron chi connectivity index (χ4n) is 2.07. The van der Waals surface area contributed by atoms with E-state index in [-0.39, 0.29) is 35.4 Å². The van der Waals surface area contributed by atoms with Gasteiger partial charge in [-0.25, -0.2) is 4.39 Å². The van der Waals surface area contributed by atoms with Crippen molar-refractivity contribution in [1.29, 1.82) is 0 Å². The Labute approximate surface area is 110 Å². The monoisotopic (exact) mass is 278 g/mol. The maximum atomic E-state index is 13.3. The normalized spacial score (nSPS) is 23.8. The average Bonchev–Trinajstić information content (AvgIpc) is 2.47. The zero-order valence-corrected chi connectivity index (χ0v) is 10.8. The second-order valence-electron chi connectivity index (χ2n) is 3.99. The van der Waals surface area contributed by atoms with Gasteiger partial charge in [-0.3, -0.25) is 4.79 Å². The van der Waals surface area contributed by atoms with Gasteiger partial charge < -0.3 is 10.6 Å². The molecule has 0 saturated carbocycles. The molecular weight excluding hydrogens is 266 g/mol. The molecule has 2 atom stereocenters. The van der Waals surface area contributed by atoms with Crippen molar-refractivity contribution in [3.8, 4) is 0 Å². The highest BCUT2D eigenvalue weighted by Gasteiger charge is 2.36. The molecule has 2 unspecified atom stereocenters. The van der Waals surface area contributed by atoms with Crippen molar-refractivity contribution >= 4 is 29.9 Å². The van der Waals surface area contributed by atoms with Crippen LogP contribution in [0.4, 0.5) is 4.39 Å². The summed E-state index contributed by atoms with van der Waals surface area (Å²) >= 11 is 5.60. The van der Waals surface area contributed by atoms with Crippen molar-refractivity contribution in [2.24, 2.45) is 5.73 Å². The number of amides is 1. The molecule has 17 heavy (non-hydrogen) atoms. The van der Waals surface area contributed by atoms with E-state index < -0.39 is 5.82 Å². The molecule has 0 aliphatic carbocycles. The molecule has 1 aromatic carbocycles. The number of nitrogens with two attached hydrogens (primary N) is 1. The SMILES string of the molecule is CN1C(=O)CC(N)C1c1ccc(Cl)c(F)c1.Cl. The van der Waals surface area contributed by atoms with Crippen molar-refractivity contribution in [3.05, 3.63) is 34.6 Å². The Bertz CT molecular complexity index is 441. The Hall–Kier alpha value is -0.840. The van der Waals surface area contributed by atoms with E-state index >= 15 is 0 Å². The maximum Gasteiger partial charge on any atom is 0.224 e. The highest BCUT2D eigenvalue weighted by Crippen LogP contribution is 2.31. The fraction of sp³-hybridized carbons (Fsp3) is 0.364. The van der Waals surface area contributed by atoms with Crippen LogP contribution in [0.2, 0.25) is 5.02 Å². The minimum atomic E-state index is -0.487. The third-order valence-electron chi connectivity index (χ3n) is 2.91. The number of nitrogens with zero attached hydrogens (tertiary/aromatic N) is 1. The van der Waals surface area contributed by atoms with Crippen molar-refractivity contribution in [3.63, 3.8) is 0 Å². The standard InChI is InChI=1S/C11H12ClFN2O.ClH/c1-15-10(16)5-9(14)11(15)6-2-3-7(12)8(13)4-6;/h2-4,9,11H,5,14H2,1H3;1H. The second kappa shape index (κ2) is 5.21. The molecule has 6 heteroatoms. The van der Waals surface area contributed by atoms with E-state index in [0.717, 1.165) is 0 Å². The molecule has 1 heterocycles. The van der Waals surface area contributed by atoms with Gasteiger partial charge in [0.1, 0.15) is 5.82 Å². The summed E-state index contributed by atoms with van der Waals surface area (Å²) in [7, 11) is 1.67. The number of halogens is 3.